The summed E-state index contributed by atoms with van der Waals surface area (Å²) in [6.07, 6.45) is 0.126. The van der Waals surface area contributed by atoms with Crippen LogP contribution >= 0.6 is 0 Å². The minimum Gasteiger partial charge on any atom is -0.481 e. The summed E-state index contributed by atoms with van der Waals surface area (Å²) in [4.78, 5) is 22.6. The SMILES string of the molecule is CCOC(=O)C(C)C(CC(C)OCC)C(=O)O. The van der Waals surface area contributed by atoms with Crippen molar-refractivity contribution in [1.82, 2.24) is 0 Å². The molecule has 5 heteroatoms. The molecule has 0 saturated heterocycles. The number of hydrogen-bond donors (Lipinski definition) is 1. The Bertz CT molecular complexity index is 251. The van der Waals surface area contributed by atoms with Gasteiger partial charge in [-0.25, -0.2) is 0 Å². The highest BCUT2D eigenvalue weighted by Gasteiger charge is 2.32. The number of aliphatic carboxylic acids is 1. The van der Waals surface area contributed by atoms with E-state index >= 15 is 0 Å². The number of carboxylic acid groups (broad SMARTS) is 1. The van der Waals surface area contributed by atoms with Crippen LogP contribution in [0.2, 0.25) is 0 Å². The highest BCUT2D eigenvalue weighted by Crippen LogP contribution is 2.21. The summed E-state index contributed by atoms with van der Waals surface area (Å²) >= 11 is 0. The van der Waals surface area contributed by atoms with Crippen LogP contribution in [0.4, 0.5) is 0 Å². The Balaban J connectivity index is 4.51. The lowest BCUT2D eigenvalue weighted by molar-refractivity contribution is -0.158. The Morgan fingerprint density at radius 1 is 1.18 bits per heavy atom. The summed E-state index contributed by atoms with van der Waals surface area (Å²) in [5.41, 5.74) is 0. The van der Waals surface area contributed by atoms with Crippen LogP contribution in [0.15, 0.2) is 0 Å². The van der Waals surface area contributed by atoms with Crippen molar-refractivity contribution in [3.8, 4) is 0 Å². The van der Waals surface area contributed by atoms with E-state index in [1.807, 2.05) is 6.92 Å². The molecule has 0 spiro atoms. The third-order valence-corrected chi connectivity index (χ3v) is 2.62. The van der Waals surface area contributed by atoms with Crippen LogP contribution in [0, 0.1) is 11.8 Å². The molecule has 0 radical (unpaired) electrons. The third-order valence-electron chi connectivity index (χ3n) is 2.62. The molecule has 3 atom stereocenters. The highest BCUT2D eigenvalue weighted by molar-refractivity contribution is 5.80. The van der Waals surface area contributed by atoms with Crippen LogP contribution in [0.3, 0.4) is 0 Å². The van der Waals surface area contributed by atoms with Gasteiger partial charge in [0.15, 0.2) is 0 Å². The van der Waals surface area contributed by atoms with Gasteiger partial charge in [-0.2, -0.15) is 0 Å². The van der Waals surface area contributed by atoms with E-state index in [4.69, 9.17) is 14.6 Å². The fraction of sp³-hybridized carbons (Fsp3) is 0.833. The zero-order chi connectivity index (χ0) is 13.4. The quantitative estimate of drug-likeness (QED) is 0.660. The van der Waals surface area contributed by atoms with Crippen molar-refractivity contribution in [1.29, 1.82) is 0 Å². The first-order valence-electron chi connectivity index (χ1n) is 5.95. The van der Waals surface area contributed by atoms with Gasteiger partial charge in [0.05, 0.1) is 24.5 Å². The summed E-state index contributed by atoms with van der Waals surface area (Å²) in [7, 11) is 0. The number of ether oxygens (including phenoxy) is 2. The minimum atomic E-state index is -0.989. The molecule has 5 nitrogen and oxygen atoms in total. The molecular weight excluding hydrogens is 224 g/mol. The van der Waals surface area contributed by atoms with E-state index in [-0.39, 0.29) is 12.7 Å². The number of carboxylic acids is 1. The zero-order valence-corrected chi connectivity index (χ0v) is 10.9. The van der Waals surface area contributed by atoms with Gasteiger partial charge in [0.1, 0.15) is 0 Å². The average molecular weight is 246 g/mol. The standard InChI is InChI=1S/C12H22O5/c1-5-16-8(3)7-10(11(13)14)9(4)12(15)17-6-2/h8-10H,5-7H2,1-4H3,(H,13,14). The summed E-state index contributed by atoms with van der Waals surface area (Å²) in [6.45, 7) is 7.72. The molecular formula is C12H22O5. The minimum absolute atomic E-state index is 0.182. The lowest BCUT2D eigenvalue weighted by Gasteiger charge is -2.21. The molecule has 17 heavy (non-hydrogen) atoms. The molecule has 0 aromatic rings. The van der Waals surface area contributed by atoms with Crippen molar-refractivity contribution in [3.05, 3.63) is 0 Å². The molecule has 0 aromatic heterocycles. The molecule has 0 heterocycles. The lowest BCUT2D eigenvalue weighted by atomic mass is 9.89. The molecule has 3 unspecified atom stereocenters. The smallest absolute Gasteiger partial charge is 0.309 e. The van der Waals surface area contributed by atoms with Gasteiger partial charge in [-0.15, -0.1) is 0 Å². The first-order chi connectivity index (χ1) is 7.93. The summed E-state index contributed by atoms with van der Waals surface area (Å²) in [5, 5.41) is 9.11. The van der Waals surface area contributed by atoms with Crippen molar-refractivity contribution in [3.63, 3.8) is 0 Å². The Kier molecular flexibility index (Phi) is 7.54. The topological polar surface area (TPSA) is 72.8 Å². The van der Waals surface area contributed by atoms with E-state index in [1.54, 1.807) is 20.8 Å². The van der Waals surface area contributed by atoms with Crippen LogP contribution in [0.1, 0.15) is 34.1 Å². The van der Waals surface area contributed by atoms with Gasteiger partial charge in [0, 0.05) is 6.61 Å². The first kappa shape index (κ1) is 15.9. The third kappa shape index (κ3) is 5.68. The molecule has 0 amide bonds. The largest absolute Gasteiger partial charge is 0.481 e. The second kappa shape index (κ2) is 8.06. The highest BCUT2D eigenvalue weighted by atomic mass is 16.5. The monoisotopic (exact) mass is 246 g/mol. The van der Waals surface area contributed by atoms with Crippen molar-refractivity contribution in [2.24, 2.45) is 11.8 Å². The molecule has 0 saturated carbocycles. The van der Waals surface area contributed by atoms with Gasteiger partial charge in [0.2, 0.25) is 0 Å². The predicted molar refractivity (Wildman–Crippen MR) is 62.6 cm³/mol. The number of carbonyl (C=O) groups is 2. The molecule has 0 aliphatic rings. The molecule has 100 valence electrons. The van der Waals surface area contributed by atoms with E-state index in [2.05, 4.69) is 0 Å². The van der Waals surface area contributed by atoms with Gasteiger partial charge < -0.3 is 14.6 Å². The average Bonchev–Trinajstić information content (AvgIpc) is 2.25. The van der Waals surface area contributed by atoms with Crippen LogP contribution in [-0.4, -0.2) is 36.4 Å². The normalized spacial score (nSPS) is 16.0. The van der Waals surface area contributed by atoms with Gasteiger partial charge in [0.25, 0.3) is 0 Å². The van der Waals surface area contributed by atoms with Gasteiger partial charge in [-0.1, -0.05) is 6.92 Å². The molecule has 0 rings (SSSR count). The van der Waals surface area contributed by atoms with E-state index in [0.717, 1.165) is 0 Å². The van der Waals surface area contributed by atoms with Crippen LogP contribution < -0.4 is 0 Å². The first-order valence-corrected chi connectivity index (χ1v) is 5.95. The Morgan fingerprint density at radius 2 is 1.76 bits per heavy atom. The maximum absolute atomic E-state index is 11.5. The van der Waals surface area contributed by atoms with E-state index in [0.29, 0.717) is 13.0 Å². The van der Waals surface area contributed by atoms with Crippen LogP contribution in [-0.2, 0) is 19.1 Å². The molecule has 0 fully saturated rings. The van der Waals surface area contributed by atoms with E-state index in [9.17, 15) is 9.59 Å². The number of hydrogen-bond acceptors (Lipinski definition) is 4. The zero-order valence-electron chi connectivity index (χ0n) is 10.9. The number of esters is 1. The summed E-state index contributed by atoms with van der Waals surface area (Å²) in [5.74, 6) is -2.88. The van der Waals surface area contributed by atoms with E-state index < -0.39 is 23.8 Å². The number of rotatable bonds is 8. The second-order valence-corrected chi connectivity index (χ2v) is 3.99. The Morgan fingerprint density at radius 3 is 2.18 bits per heavy atom. The number of carbonyl (C=O) groups excluding carboxylic acids is 1. The van der Waals surface area contributed by atoms with E-state index in [1.165, 1.54) is 0 Å². The lowest BCUT2D eigenvalue weighted by Crippen LogP contribution is -2.32. The summed E-state index contributed by atoms with van der Waals surface area (Å²) in [6, 6.07) is 0. The fourth-order valence-electron chi connectivity index (χ4n) is 1.67. The Labute approximate surface area is 102 Å². The Hall–Kier alpha value is -1.10. The van der Waals surface area contributed by atoms with Crippen LogP contribution in [0.25, 0.3) is 0 Å². The second-order valence-electron chi connectivity index (χ2n) is 3.99. The predicted octanol–water partition coefficient (Wildman–Crippen LogP) is 1.70. The van der Waals surface area contributed by atoms with Crippen LogP contribution in [0.5, 0.6) is 0 Å². The van der Waals surface area contributed by atoms with Crippen molar-refractivity contribution >= 4 is 11.9 Å². The molecule has 0 aliphatic carbocycles. The molecule has 0 aromatic carbocycles. The molecule has 0 bridgehead atoms. The van der Waals surface area contributed by atoms with Gasteiger partial charge >= 0.3 is 11.9 Å². The maximum Gasteiger partial charge on any atom is 0.309 e. The maximum atomic E-state index is 11.5. The van der Waals surface area contributed by atoms with Crippen molar-refractivity contribution < 1.29 is 24.2 Å². The molecule has 0 aliphatic heterocycles. The molecule has 1 N–H and O–H groups in total. The summed E-state index contributed by atoms with van der Waals surface area (Å²) < 4.78 is 10.1. The fourth-order valence-corrected chi connectivity index (χ4v) is 1.67. The van der Waals surface area contributed by atoms with Crippen molar-refractivity contribution in [2.45, 2.75) is 40.2 Å². The van der Waals surface area contributed by atoms with Crippen molar-refractivity contribution in [2.75, 3.05) is 13.2 Å². The van der Waals surface area contributed by atoms with Gasteiger partial charge in [-0.05, 0) is 27.2 Å². The van der Waals surface area contributed by atoms with Gasteiger partial charge in [-0.3, -0.25) is 9.59 Å².